The molecular formula is C9H15N5O2. The Morgan fingerprint density at radius 1 is 1.50 bits per heavy atom. The number of nitrogens with zero attached hydrogens (tertiary/aromatic N) is 4. The zero-order valence-corrected chi connectivity index (χ0v) is 8.96. The van der Waals surface area contributed by atoms with E-state index in [1.807, 2.05) is 0 Å². The van der Waals surface area contributed by atoms with Crippen molar-refractivity contribution in [3.8, 4) is 0 Å². The Labute approximate surface area is 93.0 Å². The molecule has 2 amide bonds. The average molecular weight is 225 g/mol. The summed E-state index contributed by atoms with van der Waals surface area (Å²) in [5.41, 5.74) is 0.772. The summed E-state index contributed by atoms with van der Waals surface area (Å²) in [6, 6.07) is -0.0179. The van der Waals surface area contributed by atoms with E-state index in [1.54, 1.807) is 15.8 Å². The molecule has 2 heterocycles. The van der Waals surface area contributed by atoms with Crippen molar-refractivity contribution >= 4 is 6.03 Å². The molecule has 1 aromatic rings. The van der Waals surface area contributed by atoms with Crippen LogP contribution in [0.4, 0.5) is 4.79 Å². The molecule has 0 unspecified atom stereocenters. The first-order valence-electron chi connectivity index (χ1n) is 5.32. The number of rotatable bonds is 5. The highest BCUT2D eigenvalue weighted by molar-refractivity contribution is 5.76. The van der Waals surface area contributed by atoms with Gasteiger partial charge in [-0.3, -0.25) is 4.68 Å². The molecule has 1 aliphatic rings. The zero-order valence-electron chi connectivity index (χ0n) is 8.96. The van der Waals surface area contributed by atoms with Crippen molar-refractivity contribution in [2.24, 2.45) is 0 Å². The average Bonchev–Trinajstić information content (AvgIpc) is 2.86. The lowest BCUT2D eigenvalue weighted by atomic mass is 10.3. The van der Waals surface area contributed by atoms with Crippen LogP contribution in [0.1, 0.15) is 5.69 Å². The van der Waals surface area contributed by atoms with Crippen LogP contribution in [0, 0.1) is 0 Å². The standard InChI is InChI=1S/C9H15N5O2/c15-6-1-8-7-14(12-11-8)5-4-13-3-2-10-9(13)16/h7,15H,1-6H2,(H,10,16). The fraction of sp³-hybridized carbons (Fsp3) is 0.667. The Bertz CT molecular complexity index is 365. The number of urea groups is 1. The quantitative estimate of drug-likeness (QED) is 0.662. The molecule has 1 aliphatic heterocycles. The predicted octanol–water partition coefficient (Wildman–Crippen LogP) is -1.16. The predicted molar refractivity (Wildman–Crippen MR) is 55.8 cm³/mol. The molecule has 0 spiro atoms. The summed E-state index contributed by atoms with van der Waals surface area (Å²) in [4.78, 5) is 13.0. The number of nitrogens with one attached hydrogen (secondary N) is 1. The molecular weight excluding hydrogens is 210 g/mol. The number of aliphatic hydroxyl groups is 1. The Morgan fingerprint density at radius 3 is 3.06 bits per heavy atom. The van der Waals surface area contributed by atoms with Gasteiger partial charge in [0.25, 0.3) is 0 Å². The van der Waals surface area contributed by atoms with E-state index >= 15 is 0 Å². The first-order chi connectivity index (χ1) is 7.79. The summed E-state index contributed by atoms with van der Waals surface area (Å²) in [5, 5.41) is 19.3. The highest BCUT2D eigenvalue weighted by Crippen LogP contribution is 1.98. The van der Waals surface area contributed by atoms with Crippen molar-refractivity contribution in [1.82, 2.24) is 25.2 Å². The highest BCUT2D eigenvalue weighted by atomic mass is 16.3. The van der Waals surface area contributed by atoms with Crippen molar-refractivity contribution in [2.45, 2.75) is 13.0 Å². The molecule has 2 N–H and O–H groups in total. The van der Waals surface area contributed by atoms with Crippen molar-refractivity contribution in [2.75, 3.05) is 26.2 Å². The van der Waals surface area contributed by atoms with Gasteiger partial charge in [0.2, 0.25) is 0 Å². The van der Waals surface area contributed by atoms with Gasteiger partial charge in [-0.05, 0) is 0 Å². The third kappa shape index (κ3) is 2.48. The second-order valence-corrected chi connectivity index (χ2v) is 3.67. The molecule has 0 atom stereocenters. The molecule has 1 aromatic heterocycles. The van der Waals surface area contributed by atoms with Crippen LogP contribution in [0.3, 0.4) is 0 Å². The molecule has 1 saturated heterocycles. The minimum atomic E-state index is -0.0179. The number of amides is 2. The third-order valence-electron chi connectivity index (χ3n) is 2.50. The van der Waals surface area contributed by atoms with Crippen LogP contribution in [0.2, 0.25) is 0 Å². The minimum Gasteiger partial charge on any atom is -0.396 e. The largest absolute Gasteiger partial charge is 0.396 e. The SMILES string of the molecule is O=C1NCCN1CCn1cc(CCO)nn1. The molecule has 0 saturated carbocycles. The van der Waals surface area contributed by atoms with E-state index in [-0.39, 0.29) is 12.6 Å². The van der Waals surface area contributed by atoms with Gasteiger partial charge in [0.05, 0.1) is 12.2 Å². The maximum absolute atomic E-state index is 11.2. The number of carbonyl (C=O) groups excluding carboxylic acids is 1. The van der Waals surface area contributed by atoms with Crippen LogP contribution in [0.5, 0.6) is 0 Å². The summed E-state index contributed by atoms with van der Waals surface area (Å²) >= 11 is 0. The Balaban J connectivity index is 1.82. The monoisotopic (exact) mass is 225 g/mol. The molecule has 0 radical (unpaired) electrons. The molecule has 7 nitrogen and oxygen atoms in total. The van der Waals surface area contributed by atoms with Gasteiger partial charge in [-0.2, -0.15) is 0 Å². The summed E-state index contributed by atoms with van der Waals surface area (Å²) in [6.07, 6.45) is 2.31. The number of hydrogen-bond donors (Lipinski definition) is 2. The fourth-order valence-electron chi connectivity index (χ4n) is 1.62. The number of aromatic nitrogens is 3. The van der Waals surface area contributed by atoms with Gasteiger partial charge >= 0.3 is 6.03 Å². The van der Waals surface area contributed by atoms with Crippen LogP contribution < -0.4 is 5.32 Å². The van der Waals surface area contributed by atoms with E-state index in [9.17, 15) is 4.79 Å². The second kappa shape index (κ2) is 4.93. The maximum atomic E-state index is 11.2. The summed E-state index contributed by atoms with van der Waals surface area (Å²) < 4.78 is 1.69. The molecule has 1 fully saturated rings. The minimum absolute atomic E-state index is 0.0179. The zero-order chi connectivity index (χ0) is 11.4. The van der Waals surface area contributed by atoms with Gasteiger partial charge in [0.15, 0.2) is 0 Å². The van der Waals surface area contributed by atoms with Crippen LogP contribution in [-0.2, 0) is 13.0 Å². The Hall–Kier alpha value is -1.63. The first-order valence-corrected chi connectivity index (χ1v) is 5.32. The van der Waals surface area contributed by atoms with Crippen LogP contribution >= 0.6 is 0 Å². The maximum Gasteiger partial charge on any atom is 0.317 e. The molecule has 0 aliphatic carbocycles. The second-order valence-electron chi connectivity index (χ2n) is 3.67. The van der Waals surface area contributed by atoms with Crippen LogP contribution in [0.15, 0.2) is 6.20 Å². The number of hydrogen-bond acceptors (Lipinski definition) is 4. The van der Waals surface area contributed by atoms with E-state index in [2.05, 4.69) is 15.6 Å². The molecule has 88 valence electrons. The van der Waals surface area contributed by atoms with Gasteiger partial charge in [-0.15, -0.1) is 5.10 Å². The number of aliphatic hydroxyl groups excluding tert-OH is 1. The topological polar surface area (TPSA) is 83.3 Å². The molecule has 0 aromatic carbocycles. The summed E-state index contributed by atoms with van der Waals surface area (Å²) in [6.45, 7) is 2.80. The van der Waals surface area contributed by atoms with Crippen molar-refractivity contribution in [1.29, 1.82) is 0 Å². The molecule has 7 heteroatoms. The van der Waals surface area contributed by atoms with Crippen LogP contribution in [-0.4, -0.2) is 57.3 Å². The van der Waals surface area contributed by atoms with Crippen molar-refractivity contribution < 1.29 is 9.90 Å². The van der Waals surface area contributed by atoms with Crippen LogP contribution in [0.25, 0.3) is 0 Å². The van der Waals surface area contributed by atoms with Crippen molar-refractivity contribution in [3.63, 3.8) is 0 Å². The molecule has 2 rings (SSSR count). The van der Waals surface area contributed by atoms with E-state index in [0.717, 1.165) is 12.2 Å². The van der Waals surface area contributed by atoms with E-state index in [0.29, 0.717) is 26.1 Å². The van der Waals surface area contributed by atoms with Gasteiger partial charge in [-0.25, -0.2) is 4.79 Å². The smallest absolute Gasteiger partial charge is 0.317 e. The van der Waals surface area contributed by atoms with Gasteiger partial charge in [-0.1, -0.05) is 5.21 Å². The van der Waals surface area contributed by atoms with Crippen molar-refractivity contribution in [3.05, 3.63) is 11.9 Å². The highest BCUT2D eigenvalue weighted by Gasteiger charge is 2.18. The van der Waals surface area contributed by atoms with E-state index in [1.165, 1.54) is 0 Å². The molecule has 16 heavy (non-hydrogen) atoms. The van der Waals surface area contributed by atoms with E-state index in [4.69, 9.17) is 5.11 Å². The summed E-state index contributed by atoms with van der Waals surface area (Å²) in [7, 11) is 0. The summed E-state index contributed by atoms with van der Waals surface area (Å²) in [5.74, 6) is 0. The van der Waals surface area contributed by atoms with Gasteiger partial charge in [0, 0.05) is 38.9 Å². The lowest BCUT2D eigenvalue weighted by molar-refractivity contribution is 0.215. The van der Waals surface area contributed by atoms with Gasteiger partial charge < -0.3 is 15.3 Å². The fourth-order valence-corrected chi connectivity index (χ4v) is 1.62. The molecule has 0 bridgehead atoms. The van der Waals surface area contributed by atoms with E-state index < -0.39 is 0 Å². The number of carbonyl (C=O) groups is 1. The Kier molecular flexibility index (Phi) is 3.35. The lowest BCUT2D eigenvalue weighted by Crippen LogP contribution is -2.31. The van der Waals surface area contributed by atoms with Gasteiger partial charge in [0.1, 0.15) is 0 Å². The third-order valence-corrected chi connectivity index (χ3v) is 2.50. The lowest BCUT2D eigenvalue weighted by Gasteiger charge is -2.12. The normalized spacial score (nSPS) is 15.6. The Morgan fingerprint density at radius 2 is 2.38 bits per heavy atom. The first kappa shape index (κ1) is 10.9.